The predicted octanol–water partition coefficient (Wildman–Crippen LogP) is 3.33. The Morgan fingerprint density at radius 3 is 2.84 bits per heavy atom. The third-order valence-corrected chi connectivity index (χ3v) is 7.02. The van der Waals surface area contributed by atoms with Crippen molar-refractivity contribution < 1.29 is 13.9 Å². The first-order valence-electron chi connectivity index (χ1n) is 10.3. The Balaban J connectivity index is 1.45. The summed E-state index contributed by atoms with van der Waals surface area (Å²) in [4.78, 5) is 34.5. The number of hydrogen-bond acceptors (Lipinski definition) is 7. The molecule has 8 nitrogen and oxygen atoms in total. The van der Waals surface area contributed by atoms with E-state index in [2.05, 4.69) is 20.8 Å². The molecule has 3 heterocycles. The molecule has 10 heteroatoms. The summed E-state index contributed by atoms with van der Waals surface area (Å²) in [5.41, 5.74) is 1.91. The topological polar surface area (TPSA) is 80.8 Å². The molecule has 1 aliphatic heterocycles. The predicted molar refractivity (Wildman–Crippen MR) is 127 cm³/mol. The summed E-state index contributed by atoms with van der Waals surface area (Å²) < 4.78 is 14.1. The molecule has 0 unspecified atom stereocenters. The number of nitrogens with zero attached hydrogens (tertiary/aromatic N) is 4. The van der Waals surface area contributed by atoms with Gasteiger partial charge in [-0.2, -0.15) is 0 Å². The van der Waals surface area contributed by atoms with E-state index in [1.54, 1.807) is 23.1 Å². The number of para-hydroxylation sites is 2. The van der Waals surface area contributed by atoms with Crippen LogP contribution >= 0.6 is 27.3 Å². The van der Waals surface area contributed by atoms with Crippen LogP contribution in [0.25, 0.3) is 21.3 Å². The summed E-state index contributed by atoms with van der Waals surface area (Å²) in [7, 11) is 0. The first-order chi connectivity index (χ1) is 15.6. The van der Waals surface area contributed by atoms with Gasteiger partial charge in [0.05, 0.1) is 28.9 Å². The minimum atomic E-state index is -0.541. The Morgan fingerprint density at radius 1 is 1.19 bits per heavy atom. The van der Waals surface area contributed by atoms with Crippen molar-refractivity contribution in [3.8, 4) is 0 Å². The first-order valence-corrected chi connectivity index (χ1v) is 11.9. The van der Waals surface area contributed by atoms with Crippen molar-refractivity contribution >= 4 is 59.6 Å². The largest absolute Gasteiger partial charge is 0.420 e. The lowest BCUT2D eigenvalue weighted by molar-refractivity contribution is -0.119. The normalized spacial score (nSPS) is 14.9. The van der Waals surface area contributed by atoms with Gasteiger partial charge in [0.25, 0.3) is 0 Å². The smallest absolute Gasteiger partial charge is 0.408 e. The highest BCUT2D eigenvalue weighted by Gasteiger charge is 2.23. The fraction of sp³-hybridized carbons (Fsp3) is 0.318. The number of rotatable bonds is 6. The zero-order chi connectivity index (χ0) is 22.1. The van der Waals surface area contributed by atoms with Gasteiger partial charge in [0, 0.05) is 30.7 Å². The number of amides is 1. The monoisotopic (exact) mass is 516 g/mol. The van der Waals surface area contributed by atoms with Crippen molar-refractivity contribution in [1.29, 1.82) is 0 Å². The van der Waals surface area contributed by atoms with Gasteiger partial charge in [0.15, 0.2) is 10.7 Å². The lowest BCUT2D eigenvalue weighted by atomic mass is 10.3. The summed E-state index contributed by atoms with van der Waals surface area (Å²) in [6, 6.07) is 13.0. The van der Waals surface area contributed by atoms with Gasteiger partial charge in [-0.15, -0.1) is 0 Å². The average molecular weight is 517 g/mol. The van der Waals surface area contributed by atoms with Crippen LogP contribution in [0.1, 0.15) is 0 Å². The van der Waals surface area contributed by atoms with Gasteiger partial charge in [-0.1, -0.05) is 39.4 Å². The lowest BCUT2D eigenvalue weighted by Crippen LogP contribution is -2.44. The van der Waals surface area contributed by atoms with Gasteiger partial charge >= 0.3 is 5.76 Å². The van der Waals surface area contributed by atoms with Crippen molar-refractivity contribution in [1.82, 2.24) is 14.5 Å². The number of halogens is 1. The van der Waals surface area contributed by atoms with Gasteiger partial charge in [-0.05, 0) is 30.3 Å². The molecule has 2 aromatic carbocycles. The van der Waals surface area contributed by atoms with E-state index in [-0.39, 0.29) is 12.5 Å². The maximum absolute atomic E-state index is 13.5. The highest BCUT2D eigenvalue weighted by molar-refractivity contribution is 9.10. The van der Waals surface area contributed by atoms with Crippen molar-refractivity contribution in [2.45, 2.75) is 6.54 Å². The number of carbonyl (C=O) groups is 1. The van der Waals surface area contributed by atoms with Crippen LogP contribution in [0.2, 0.25) is 0 Å². The second-order valence-electron chi connectivity index (χ2n) is 7.53. The van der Waals surface area contributed by atoms with Crippen LogP contribution in [0.15, 0.2) is 56.1 Å². The summed E-state index contributed by atoms with van der Waals surface area (Å²) >= 11 is 4.96. The average Bonchev–Trinajstić information content (AvgIpc) is 3.35. The third kappa shape index (κ3) is 4.36. The Labute approximate surface area is 196 Å². The molecule has 1 aliphatic rings. The van der Waals surface area contributed by atoms with Crippen LogP contribution in [-0.2, 0) is 16.1 Å². The third-order valence-electron chi connectivity index (χ3n) is 5.48. The van der Waals surface area contributed by atoms with E-state index in [0.717, 1.165) is 27.8 Å². The Hall–Kier alpha value is -2.53. The number of ether oxygens (including phenoxy) is 1. The number of carbonyl (C=O) groups excluding carboxylic acids is 1. The molecule has 1 amide bonds. The minimum Gasteiger partial charge on any atom is -0.408 e. The summed E-state index contributed by atoms with van der Waals surface area (Å²) in [6.45, 7) is 4.12. The summed E-state index contributed by atoms with van der Waals surface area (Å²) in [5, 5.41) is 0.622. The Kier molecular flexibility index (Phi) is 6.09. The molecule has 0 saturated carbocycles. The number of aromatic nitrogens is 2. The summed E-state index contributed by atoms with van der Waals surface area (Å²) in [6.07, 6.45) is 0. The zero-order valence-electron chi connectivity index (χ0n) is 17.2. The molecule has 4 aromatic rings. The Morgan fingerprint density at radius 2 is 2.00 bits per heavy atom. The number of hydrogen-bond donors (Lipinski definition) is 0. The number of fused-ring (bicyclic) bond motifs is 2. The fourth-order valence-corrected chi connectivity index (χ4v) is 5.34. The molecule has 0 N–H and O–H groups in total. The van der Waals surface area contributed by atoms with Gasteiger partial charge in [-0.3, -0.25) is 19.2 Å². The van der Waals surface area contributed by atoms with Crippen LogP contribution in [0, 0.1) is 0 Å². The minimum absolute atomic E-state index is 0.113. The second kappa shape index (κ2) is 9.14. The first kappa shape index (κ1) is 21.3. The van der Waals surface area contributed by atoms with Gasteiger partial charge < -0.3 is 9.15 Å². The van der Waals surface area contributed by atoms with E-state index in [4.69, 9.17) is 14.1 Å². The van der Waals surface area contributed by atoms with Gasteiger partial charge in [0.2, 0.25) is 5.91 Å². The number of morpholine rings is 1. The van der Waals surface area contributed by atoms with Gasteiger partial charge in [-0.25, -0.2) is 9.78 Å². The van der Waals surface area contributed by atoms with E-state index in [1.165, 1.54) is 15.9 Å². The molecule has 0 radical (unpaired) electrons. The van der Waals surface area contributed by atoms with E-state index in [0.29, 0.717) is 42.5 Å². The number of benzene rings is 2. The highest BCUT2D eigenvalue weighted by Crippen LogP contribution is 2.31. The standard InChI is InChI=1S/C22H21BrN4O4S/c23-15-5-6-16-19(13-15)32-21(24-16)26(8-7-25-9-11-30-12-10-25)20(28)14-27-17-3-1-2-4-18(17)31-22(27)29/h1-6,13H,7-12,14H2. The SMILES string of the molecule is O=C(Cn1c(=O)oc2ccccc21)N(CCN1CCOCC1)c1nc2ccc(Br)cc2s1. The van der Waals surface area contributed by atoms with Crippen LogP contribution in [0.3, 0.4) is 0 Å². The van der Waals surface area contributed by atoms with Crippen molar-refractivity contribution in [2.24, 2.45) is 0 Å². The molecule has 0 atom stereocenters. The van der Waals surface area contributed by atoms with Crippen LogP contribution < -0.4 is 10.7 Å². The van der Waals surface area contributed by atoms with Crippen molar-refractivity contribution in [2.75, 3.05) is 44.3 Å². The number of oxazole rings is 1. The number of anilines is 1. The molecular formula is C22H21BrN4O4S. The molecular weight excluding hydrogens is 496 g/mol. The zero-order valence-corrected chi connectivity index (χ0v) is 19.6. The van der Waals surface area contributed by atoms with Crippen molar-refractivity contribution in [3.63, 3.8) is 0 Å². The molecule has 2 aromatic heterocycles. The maximum Gasteiger partial charge on any atom is 0.420 e. The van der Waals surface area contributed by atoms with Crippen LogP contribution in [0.5, 0.6) is 0 Å². The molecule has 0 spiro atoms. The molecule has 32 heavy (non-hydrogen) atoms. The maximum atomic E-state index is 13.5. The summed E-state index contributed by atoms with van der Waals surface area (Å²) in [5.74, 6) is -0.744. The second-order valence-corrected chi connectivity index (χ2v) is 9.45. The number of thiazole rings is 1. The van der Waals surface area contributed by atoms with Gasteiger partial charge in [0.1, 0.15) is 6.54 Å². The van der Waals surface area contributed by atoms with Crippen LogP contribution in [-0.4, -0.2) is 59.8 Å². The van der Waals surface area contributed by atoms with E-state index in [1.807, 2.05) is 24.3 Å². The molecule has 0 aliphatic carbocycles. The molecule has 166 valence electrons. The fourth-order valence-electron chi connectivity index (χ4n) is 3.78. The van der Waals surface area contributed by atoms with E-state index >= 15 is 0 Å². The molecule has 1 saturated heterocycles. The highest BCUT2D eigenvalue weighted by atomic mass is 79.9. The van der Waals surface area contributed by atoms with E-state index < -0.39 is 5.76 Å². The molecule has 0 bridgehead atoms. The van der Waals surface area contributed by atoms with E-state index in [9.17, 15) is 9.59 Å². The molecule has 5 rings (SSSR count). The molecule has 1 fully saturated rings. The quantitative estimate of drug-likeness (QED) is 0.391. The van der Waals surface area contributed by atoms with Crippen LogP contribution in [0.4, 0.5) is 5.13 Å². The Bertz CT molecular complexity index is 1320. The lowest BCUT2D eigenvalue weighted by Gasteiger charge is -2.29. The van der Waals surface area contributed by atoms with Crippen molar-refractivity contribution in [3.05, 3.63) is 57.5 Å².